The lowest BCUT2D eigenvalue weighted by molar-refractivity contribution is -0.139. The number of rotatable bonds is 5. The number of carbonyl (C=O) groups is 3. The third-order valence-corrected chi connectivity index (χ3v) is 4.30. The van der Waals surface area contributed by atoms with Gasteiger partial charge in [0.05, 0.1) is 30.6 Å². The van der Waals surface area contributed by atoms with Gasteiger partial charge in [0.15, 0.2) is 0 Å². The minimum absolute atomic E-state index is 0.00494. The molecule has 1 aromatic rings. The number of carboxylic acids is 2. The van der Waals surface area contributed by atoms with Crippen molar-refractivity contribution in [2.75, 3.05) is 7.11 Å². The van der Waals surface area contributed by atoms with Crippen LogP contribution in [0.2, 0.25) is 10.0 Å². The lowest BCUT2D eigenvalue weighted by Gasteiger charge is -2.28. The molecule has 0 saturated heterocycles. The minimum Gasteiger partial charge on any atom is -0.478 e. The largest absolute Gasteiger partial charge is 0.478 e. The van der Waals surface area contributed by atoms with Crippen molar-refractivity contribution in [1.29, 1.82) is 0 Å². The highest BCUT2D eigenvalue weighted by Crippen LogP contribution is 2.43. The zero-order valence-corrected chi connectivity index (χ0v) is 14.4. The number of methoxy groups -OCH3 is 1. The van der Waals surface area contributed by atoms with Crippen molar-refractivity contribution >= 4 is 41.1 Å². The number of halogens is 2. The quantitative estimate of drug-likeness (QED) is 0.667. The van der Waals surface area contributed by atoms with Crippen LogP contribution >= 0.6 is 23.2 Å². The smallest absolute Gasteiger partial charge is 0.334 e. The molecule has 7 nitrogen and oxygen atoms in total. The molecule has 0 bridgehead atoms. The molecule has 0 aliphatic carbocycles. The summed E-state index contributed by atoms with van der Waals surface area (Å²) >= 11 is 12.3. The molecule has 0 radical (unpaired) electrons. The molecule has 1 aromatic carbocycles. The van der Waals surface area contributed by atoms with Gasteiger partial charge in [0.2, 0.25) is 0 Å². The lowest BCUT2D eigenvalue weighted by Crippen LogP contribution is -2.30. The molecule has 0 aromatic heterocycles. The number of hydrogen-bond donors (Lipinski definition) is 3. The Morgan fingerprint density at radius 1 is 1.16 bits per heavy atom. The molecule has 0 amide bonds. The molecule has 3 N–H and O–H groups in total. The summed E-state index contributed by atoms with van der Waals surface area (Å²) in [6, 6.07) is 4.51. The first-order valence-electron chi connectivity index (χ1n) is 6.94. The first-order chi connectivity index (χ1) is 11.8. The Bertz CT molecular complexity index is 795. The molecule has 25 heavy (non-hydrogen) atoms. The molecule has 1 aliphatic heterocycles. The first kappa shape index (κ1) is 18.8. The molecular formula is C16H13Cl2NO6. The van der Waals surface area contributed by atoms with Crippen molar-refractivity contribution in [2.24, 2.45) is 0 Å². The SMILES string of the molecule is COC(=O)CC1=C(C(=O)O)C(c2c(Cl)cccc2Cl)C(C(=O)O)=CN1. The van der Waals surface area contributed by atoms with E-state index in [0.29, 0.717) is 0 Å². The van der Waals surface area contributed by atoms with Gasteiger partial charge in [-0.15, -0.1) is 0 Å². The second kappa shape index (κ2) is 7.58. The van der Waals surface area contributed by atoms with Crippen LogP contribution in [0.3, 0.4) is 0 Å². The fraction of sp³-hybridized carbons (Fsp3) is 0.188. The Hall–Kier alpha value is -2.51. The third-order valence-electron chi connectivity index (χ3n) is 3.64. The van der Waals surface area contributed by atoms with Gasteiger partial charge < -0.3 is 20.3 Å². The third kappa shape index (κ3) is 3.78. The van der Waals surface area contributed by atoms with Crippen molar-refractivity contribution in [1.82, 2.24) is 5.32 Å². The normalized spacial score (nSPS) is 16.8. The van der Waals surface area contributed by atoms with Gasteiger partial charge >= 0.3 is 17.9 Å². The minimum atomic E-state index is -1.40. The Labute approximate surface area is 152 Å². The molecule has 132 valence electrons. The zero-order chi connectivity index (χ0) is 18.7. The Kier molecular flexibility index (Phi) is 5.71. The van der Waals surface area contributed by atoms with E-state index in [1.165, 1.54) is 12.1 Å². The molecule has 0 saturated carbocycles. The fourth-order valence-electron chi connectivity index (χ4n) is 2.54. The zero-order valence-electron chi connectivity index (χ0n) is 12.9. The van der Waals surface area contributed by atoms with Crippen LogP contribution in [0.25, 0.3) is 0 Å². The van der Waals surface area contributed by atoms with Gasteiger partial charge in [-0.3, -0.25) is 4.79 Å². The Morgan fingerprint density at radius 2 is 1.76 bits per heavy atom. The summed E-state index contributed by atoms with van der Waals surface area (Å²) in [5.74, 6) is -4.68. The van der Waals surface area contributed by atoms with Crippen molar-refractivity contribution in [3.63, 3.8) is 0 Å². The molecule has 1 unspecified atom stereocenters. The highest BCUT2D eigenvalue weighted by Gasteiger charge is 2.38. The van der Waals surface area contributed by atoms with Crippen LogP contribution in [-0.4, -0.2) is 35.2 Å². The number of carboxylic acid groups (broad SMARTS) is 2. The number of esters is 1. The van der Waals surface area contributed by atoms with Gasteiger partial charge in [0.1, 0.15) is 0 Å². The lowest BCUT2D eigenvalue weighted by atomic mass is 9.81. The highest BCUT2D eigenvalue weighted by molar-refractivity contribution is 6.36. The molecule has 0 spiro atoms. The van der Waals surface area contributed by atoms with E-state index >= 15 is 0 Å². The maximum absolute atomic E-state index is 11.9. The van der Waals surface area contributed by atoms with Gasteiger partial charge in [-0.25, -0.2) is 9.59 Å². The van der Waals surface area contributed by atoms with Gasteiger partial charge in [0, 0.05) is 27.5 Å². The molecular weight excluding hydrogens is 373 g/mol. The second-order valence-electron chi connectivity index (χ2n) is 5.07. The summed E-state index contributed by atoms with van der Waals surface area (Å²) in [6.07, 6.45) is 0.747. The van der Waals surface area contributed by atoms with E-state index in [1.54, 1.807) is 6.07 Å². The summed E-state index contributed by atoms with van der Waals surface area (Å²) in [4.78, 5) is 35.0. The van der Waals surface area contributed by atoms with E-state index in [1.807, 2.05) is 0 Å². The number of hydrogen-bond acceptors (Lipinski definition) is 5. The van der Waals surface area contributed by atoms with Crippen molar-refractivity contribution in [2.45, 2.75) is 12.3 Å². The number of benzene rings is 1. The van der Waals surface area contributed by atoms with Crippen LogP contribution in [-0.2, 0) is 19.1 Å². The number of aliphatic carboxylic acids is 2. The maximum Gasteiger partial charge on any atom is 0.334 e. The Morgan fingerprint density at radius 3 is 2.24 bits per heavy atom. The molecule has 9 heteroatoms. The predicted molar refractivity (Wildman–Crippen MR) is 89.4 cm³/mol. The van der Waals surface area contributed by atoms with Crippen LogP contribution in [0.15, 0.2) is 41.2 Å². The summed E-state index contributed by atoms with van der Waals surface area (Å²) in [5.41, 5.74) is -0.451. The van der Waals surface area contributed by atoms with Crippen molar-refractivity contribution in [3.8, 4) is 0 Å². The van der Waals surface area contributed by atoms with Crippen LogP contribution in [0.1, 0.15) is 17.9 Å². The fourth-order valence-corrected chi connectivity index (χ4v) is 3.16. The summed E-state index contributed by atoms with van der Waals surface area (Å²) < 4.78 is 4.55. The van der Waals surface area contributed by atoms with E-state index in [9.17, 15) is 24.6 Å². The van der Waals surface area contributed by atoms with Crippen molar-refractivity contribution < 1.29 is 29.3 Å². The van der Waals surface area contributed by atoms with Crippen LogP contribution in [0.4, 0.5) is 0 Å². The molecule has 1 atom stereocenters. The average Bonchev–Trinajstić information content (AvgIpc) is 2.54. The first-order valence-corrected chi connectivity index (χ1v) is 7.70. The van der Waals surface area contributed by atoms with Gasteiger partial charge in [-0.1, -0.05) is 29.3 Å². The average molecular weight is 386 g/mol. The number of dihydropyridines is 1. The van der Waals surface area contributed by atoms with E-state index in [4.69, 9.17) is 23.2 Å². The van der Waals surface area contributed by atoms with Crippen LogP contribution in [0, 0.1) is 0 Å². The standard InChI is InChI=1S/C16H13Cl2NO6/c1-25-11(20)5-10-14(16(23)24)12(7(6-19-10)15(21)22)13-8(17)3-2-4-9(13)18/h2-4,6,12,19H,5H2,1H3,(H,21,22)(H,23,24). The number of carbonyl (C=O) groups excluding carboxylic acids is 1. The maximum atomic E-state index is 11.9. The summed E-state index contributed by atoms with van der Waals surface area (Å²) in [7, 11) is 1.16. The Balaban J connectivity index is 2.72. The summed E-state index contributed by atoms with van der Waals surface area (Å²) in [6.45, 7) is 0. The van der Waals surface area contributed by atoms with E-state index in [0.717, 1.165) is 13.3 Å². The molecule has 1 heterocycles. The second-order valence-corrected chi connectivity index (χ2v) is 5.88. The highest BCUT2D eigenvalue weighted by atomic mass is 35.5. The van der Waals surface area contributed by atoms with E-state index in [2.05, 4.69) is 10.1 Å². The number of ether oxygens (including phenoxy) is 1. The topological polar surface area (TPSA) is 113 Å². The predicted octanol–water partition coefficient (Wildman–Crippen LogP) is 2.55. The van der Waals surface area contributed by atoms with E-state index in [-0.39, 0.29) is 38.9 Å². The van der Waals surface area contributed by atoms with Gasteiger partial charge in [-0.2, -0.15) is 0 Å². The molecule has 1 aliphatic rings. The van der Waals surface area contributed by atoms with Crippen molar-refractivity contribution in [3.05, 3.63) is 56.9 Å². The van der Waals surface area contributed by atoms with E-state index < -0.39 is 23.8 Å². The number of nitrogens with one attached hydrogen (secondary N) is 1. The van der Waals surface area contributed by atoms with Crippen LogP contribution < -0.4 is 5.32 Å². The molecule has 2 rings (SSSR count). The molecule has 0 fully saturated rings. The monoisotopic (exact) mass is 385 g/mol. The summed E-state index contributed by atoms with van der Waals surface area (Å²) in [5, 5.41) is 21.9. The van der Waals surface area contributed by atoms with Gasteiger partial charge in [-0.05, 0) is 12.1 Å². The van der Waals surface area contributed by atoms with Gasteiger partial charge in [0.25, 0.3) is 0 Å². The van der Waals surface area contributed by atoms with Crippen LogP contribution in [0.5, 0.6) is 0 Å².